The van der Waals surface area contributed by atoms with E-state index in [9.17, 15) is 4.39 Å². The summed E-state index contributed by atoms with van der Waals surface area (Å²) in [4.78, 5) is 3.95. The maximum Gasteiger partial charge on any atom is 0.213 e. The fourth-order valence-corrected chi connectivity index (χ4v) is 1.85. The molecule has 2 nitrogen and oxygen atoms in total. The van der Waals surface area contributed by atoms with Crippen LogP contribution in [0, 0.1) is 5.95 Å². The maximum atomic E-state index is 13.0. The highest BCUT2D eigenvalue weighted by atomic mass is 19.1. The van der Waals surface area contributed by atoms with Crippen LogP contribution in [0.2, 0.25) is 0 Å². The summed E-state index contributed by atoms with van der Waals surface area (Å²) in [6.45, 7) is 8.70. The Hall–Kier alpha value is -0.960. The first kappa shape index (κ1) is 13.1. The van der Waals surface area contributed by atoms with Crippen molar-refractivity contribution < 1.29 is 9.13 Å². The van der Waals surface area contributed by atoms with E-state index < -0.39 is 11.5 Å². The Kier molecular flexibility index (Phi) is 4.42. The Morgan fingerprint density at radius 1 is 1.44 bits per heavy atom. The molecule has 0 fully saturated rings. The largest absolute Gasteiger partial charge is 0.369 e. The zero-order valence-electron chi connectivity index (χ0n) is 10.5. The summed E-state index contributed by atoms with van der Waals surface area (Å²) >= 11 is 0. The van der Waals surface area contributed by atoms with Gasteiger partial charge in [0.2, 0.25) is 5.95 Å². The molecule has 2 heterocycles. The second kappa shape index (κ2) is 5.39. The third kappa shape index (κ3) is 2.40. The van der Waals surface area contributed by atoms with Gasteiger partial charge in [-0.2, -0.15) is 4.39 Å². The summed E-state index contributed by atoms with van der Waals surface area (Å²) in [6.07, 6.45) is 1.65. The Morgan fingerprint density at radius 3 is 2.75 bits per heavy atom. The highest BCUT2D eigenvalue weighted by molar-refractivity contribution is 5.27. The number of nitrogens with zero attached hydrogens (tertiary/aromatic N) is 1. The zero-order chi connectivity index (χ0) is 12.2. The lowest BCUT2D eigenvalue weighted by Crippen LogP contribution is -2.33. The molecule has 0 aromatic carbocycles. The molecule has 2 rings (SSSR count). The van der Waals surface area contributed by atoms with E-state index in [0.717, 1.165) is 24.1 Å². The molecular weight excluding hydrogens is 205 g/mol. The van der Waals surface area contributed by atoms with Crippen LogP contribution in [0.15, 0.2) is 12.1 Å². The van der Waals surface area contributed by atoms with Gasteiger partial charge in [-0.3, -0.25) is 0 Å². The molecule has 3 heteroatoms. The monoisotopic (exact) mass is 225 g/mol. The van der Waals surface area contributed by atoms with Crippen molar-refractivity contribution in [3.8, 4) is 0 Å². The molecule has 0 aliphatic carbocycles. The van der Waals surface area contributed by atoms with E-state index in [1.165, 1.54) is 6.07 Å². The van der Waals surface area contributed by atoms with Gasteiger partial charge in [0, 0.05) is 0 Å². The molecular formula is C13H20FNO. The first-order chi connectivity index (χ1) is 7.65. The van der Waals surface area contributed by atoms with E-state index in [-0.39, 0.29) is 0 Å². The van der Waals surface area contributed by atoms with Gasteiger partial charge in [-0.1, -0.05) is 26.8 Å². The predicted octanol–water partition coefficient (Wildman–Crippen LogP) is 3.44. The Morgan fingerprint density at radius 2 is 2.12 bits per heavy atom. The van der Waals surface area contributed by atoms with Crippen LogP contribution < -0.4 is 0 Å². The summed E-state index contributed by atoms with van der Waals surface area (Å²) in [7, 11) is 0. The molecule has 0 bridgehead atoms. The first-order valence-electron chi connectivity index (χ1n) is 5.95. The van der Waals surface area contributed by atoms with Gasteiger partial charge in [0.25, 0.3) is 0 Å². The number of ether oxygens (including phenoxy) is 1. The van der Waals surface area contributed by atoms with Gasteiger partial charge in [-0.05, 0) is 31.4 Å². The van der Waals surface area contributed by atoms with Gasteiger partial charge >= 0.3 is 0 Å². The normalized spacial score (nSPS) is 23.1. The van der Waals surface area contributed by atoms with Crippen LogP contribution in [0.4, 0.5) is 4.39 Å². The fourth-order valence-electron chi connectivity index (χ4n) is 1.85. The number of rotatable bonds is 1. The first-order valence-corrected chi connectivity index (χ1v) is 5.95. The van der Waals surface area contributed by atoms with E-state index in [1.807, 2.05) is 33.8 Å². The van der Waals surface area contributed by atoms with Crippen LogP contribution in [0.1, 0.15) is 45.4 Å². The summed E-state index contributed by atoms with van der Waals surface area (Å²) in [5.74, 6) is -0.422. The number of fused-ring (bicyclic) bond motifs is 1. The number of hydrogen-bond acceptors (Lipinski definition) is 2. The van der Waals surface area contributed by atoms with Crippen molar-refractivity contribution in [1.82, 2.24) is 4.98 Å². The maximum absolute atomic E-state index is 13.0. The lowest BCUT2D eigenvalue weighted by Gasteiger charge is -2.33. The summed E-state index contributed by atoms with van der Waals surface area (Å²) in [5, 5.41) is 0. The lowest BCUT2D eigenvalue weighted by atomic mass is 9.90. The van der Waals surface area contributed by atoms with Crippen molar-refractivity contribution >= 4 is 0 Å². The average molecular weight is 225 g/mol. The third-order valence-corrected chi connectivity index (χ3v) is 2.91. The minimum atomic E-state index is -0.422. The number of aromatic nitrogens is 1. The number of pyridine rings is 1. The topological polar surface area (TPSA) is 22.1 Å². The van der Waals surface area contributed by atoms with E-state index in [4.69, 9.17) is 4.74 Å². The molecule has 1 atom stereocenters. The van der Waals surface area contributed by atoms with E-state index in [0.29, 0.717) is 6.61 Å². The van der Waals surface area contributed by atoms with Crippen LogP contribution in [0.25, 0.3) is 0 Å². The smallest absolute Gasteiger partial charge is 0.213 e. The lowest BCUT2D eigenvalue weighted by molar-refractivity contribution is -0.0529. The Bertz CT molecular complexity index is 354. The minimum absolute atomic E-state index is 0.407. The highest BCUT2D eigenvalue weighted by Crippen LogP contribution is 2.33. The van der Waals surface area contributed by atoms with Gasteiger partial charge < -0.3 is 4.74 Å². The summed E-state index contributed by atoms with van der Waals surface area (Å²) < 4.78 is 18.7. The van der Waals surface area contributed by atoms with Gasteiger partial charge in [-0.15, -0.1) is 0 Å². The molecule has 0 N–H and O–H groups in total. The molecule has 0 radical (unpaired) electrons. The van der Waals surface area contributed by atoms with Gasteiger partial charge in [0.05, 0.1) is 12.3 Å². The van der Waals surface area contributed by atoms with Crippen molar-refractivity contribution in [3.05, 3.63) is 29.3 Å². The fraction of sp³-hybridized carbons (Fsp3) is 0.615. The van der Waals surface area contributed by atoms with E-state index in [1.54, 1.807) is 0 Å². The second-order valence-corrected chi connectivity index (χ2v) is 3.82. The van der Waals surface area contributed by atoms with Crippen molar-refractivity contribution in [2.45, 2.75) is 46.1 Å². The molecule has 1 unspecified atom stereocenters. The van der Waals surface area contributed by atoms with Gasteiger partial charge in [-0.25, -0.2) is 4.98 Å². The van der Waals surface area contributed by atoms with Crippen LogP contribution in [-0.4, -0.2) is 11.6 Å². The zero-order valence-corrected chi connectivity index (χ0v) is 10.5. The second-order valence-electron chi connectivity index (χ2n) is 3.82. The van der Waals surface area contributed by atoms with Crippen molar-refractivity contribution in [2.24, 2.45) is 0 Å². The standard InChI is InChI=1S/C11H14FNO.C2H6/c1-3-11(2)10-8(6-7-14-11)4-5-9(12)13-10;1-2/h4-5H,3,6-7H2,1-2H3;1-2H3. The van der Waals surface area contributed by atoms with Crippen molar-refractivity contribution in [1.29, 1.82) is 0 Å². The quantitative estimate of drug-likeness (QED) is 0.683. The van der Waals surface area contributed by atoms with Crippen molar-refractivity contribution in [2.75, 3.05) is 6.61 Å². The van der Waals surface area contributed by atoms with Gasteiger partial charge in [0.1, 0.15) is 5.60 Å². The molecule has 1 aromatic heterocycles. The van der Waals surface area contributed by atoms with E-state index >= 15 is 0 Å². The van der Waals surface area contributed by atoms with Crippen LogP contribution >= 0.6 is 0 Å². The molecule has 90 valence electrons. The molecule has 1 aliphatic heterocycles. The molecule has 0 amide bonds. The Labute approximate surface area is 96.8 Å². The summed E-state index contributed by atoms with van der Waals surface area (Å²) in [6, 6.07) is 3.23. The summed E-state index contributed by atoms with van der Waals surface area (Å²) in [5.41, 5.74) is 1.48. The third-order valence-electron chi connectivity index (χ3n) is 2.91. The van der Waals surface area contributed by atoms with Crippen molar-refractivity contribution in [3.63, 3.8) is 0 Å². The predicted molar refractivity (Wildman–Crippen MR) is 62.8 cm³/mol. The SMILES string of the molecule is CC.CCC1(C)OCCc2ccc(F)nc21. The molecule has 0 saturated carbocycles. The molecule has 1 aliphatic rings. The molecule has 0 spiro atoms. The molecule has 1 aromatic rings. The molecule has 16 heavy (non-hydrogen) atoms. The number of hydrogen-bond donors (Lipinski definition) is 0. The van der Waals surface area contributed by atoms with Gasteiger partial charge in [0.15, 0.2) is 0 Å². The Balaban J connectivity index is 0.000000606. The van der Waals surface area contributed by atoms with E-state index in [2.05, 4.69) is 4.98 Å². The minimum Gasteiger partial charge on any atom is -0.369 e. The van der Waals surface area contributed by atoms with Crippen LogP contribution in [-0.2, 0) is 16.8 Å². The van der Waals surface area contributed by atoms with Crippen LogP contribution in [0.5, 0.6) is 0 Å². The molecule has 0 saturated heterocycles. The van der Waals surface area contributed by atoms with Crippen LogP contribution in [0.3, 0.4) is 0 Å². The highest BCUT2D eigenvalue weighted by Gasteiger charge is 2.33. The average Bonchev–Trinajstić information content (AvgIpc) is 2.33. The number of halogens is 1.